The zero-order valence-electron chi connectivity index (χ0n) is 28.3. The van der Waals surface area contributed by atoms with Gasteiger partial charge in [-0.05, 0) is 47.5 Å². The van der Waals surface area contributed by atoms with Gasteiger partial charge in [0.05, 0.1) is 16.6 Å². The summed E-state index contributed by atoms with van der Waals surface area (Å²) < 4.78 is 4.60. The van der Waals surface area contributed by atoms with Crippen LogP contribution in [0.4, 0.5) is 0 Å². The lowest BCUT2D eigenvalue weighted by molar-refractivity contribution is 1.07. The van der Waals surface area contributed by atoms with Gasteiger partial charge in [0.25, 0.3) is 0 Å². The molecule has 5 heteroatoms. The third-order valence-electron chi connectivity index (χ3n) is 9.38. The number of hydrogen-bond donors (Lipinski definition) is 0. The normalized spacial score (nSPS) is 11.8. The predicted molar refractivity (Wildman–Crippen MR) is 216 cm³/mol. The van der Waals surface area contributed by atoms with Crippen molar-refractivity contribution >= 4 is 38.9 Å². The van der Waals surface area contributed by atoms with Crippen LogP contribution in [-0.2, 0) is 0 Å². The van der Waals surface area contributed by atoms with Gasteiger partial charge < -0.3 is 9.13 Å². The molecule has 9 aromatic rings. The largest absolute Gasteiger partial charge is 0.321 e. The molecular formula is C47H33N5. The highest BCUT2D eigenvalue weighted by atomic mass is 15.0. The van der Waals surface area contributed by atoms with Crippen LogP contribution in [0, 0.1) is 0 Å². The monoisotopic (exact) mass is 667 g/mol. The van der Waals surface area contributed by atoms with Crippen LogP contribution >= 0.6 is 0 Å². The minimum Gasteiger partial charge on any atom is -0.321 e. The van der Waals surface area contributed by atoms with Gasteiger partial charge in [-0.3, -0.25) is 0 Å². The fraction of sp³-hybridized carbons (Fsp3) is 0. The fourth-order valence-corrected chi connectivity index (χ4v) is 6.97. The number of fused-ring (bicyclic) bond motifs is 5. The Bertz CT molecular complexity index is 2750. The van der Waals surface area contributed by atoms with Crippen molar-refractivity contribution in [3.8, 4) is 51.0 Å². The van der Waals surface area contributed by atoms with Gasteiger partial charge in [-0.15, -0.1) is 0 Å². The molecule has 246 valence electrons. The first kappa shape index (κ1) is 30.9. The van der Waals surface area contributed by atoms with Crippen molar-refractivity contribution in [2.45, 2.75) is 0 Å². The van der Waals surface area contributed by atoms with Crippen molar-refractivity contribution in [2.24, 2.45) is 0 Å². The van der Waals surface area contributed by atoms with Gasteiger partial charge in [-0.2, -0.15) is 0 Å². The summed E-state index contributed by atoms with van der Waals surface area (Å²) in [4.78, 5) is 14.8. The molecule has 0 aliphatic carbocycles. The maximum atomic E-state index is 4.98. The van der Waals surface area contributed by atoms with Crippen LogP contribution in [0.2, 0.25) is 0 Å². The van der Waals surface area contributed by atoms with E-state index >= 15 is 0 Å². The molecule has 52 heavy (non-hydrogen) atoms. The van der Waals surface area contributed by atoms with Crippen LogP contribution in [0.25, 0.3) is 89.9 Å². The van der Waals surface area contributed by atoms with E-state index < -0.39 is 0 Å². The average Bonchev–Trinajstić information content (AvgIpc) is 3.79. The zero-order valence-corrected chi connectivity index (χ0v) is 28.3. The maximum absolute atomic E-state index is 4.98. The zero-order chi connectivity index (χ0) is 34.9. The molecule has 0 amide bonds. The summed E-state index contributed by atoms with van der Waals surface area (Å²) in [5, 5.41) is 3.61. The van der Waals surface area contributed by atoms with Gasteiger partial charge in [0.1, 0.15) is 0 Å². The smallest absolute Gasteiger partial charge is 0.164 e. The molecule has 0 aliphatic rings. The lowest BCUT2D eigenvalue weighted by atomic mass is 10.0. The van der Waals surface area contributed by atoms with E-state index in [1.165, 1.54) is 21.7 Å². The number of para-hydroxylation sites is 1. The Morgan fingerprint density at radius 2 is 1.08 bits per heavy atom. The van der Waals surface area contributed by atoms with E-state index in [9.17, 15) is 0 Å². The average molecular weight is 668 g/mol. The second-order valence-electron chi connectivity index (χ2n) is 12.6. The van der Waals surface area contributed by atoms with E-state index in [4.69, 9.17) is 15.0 Å². The molecule has 0 saturated heterocycles. The van der Waals surface area contributed by atoms with Crippen molar-refractivity contribution < 1.29 is 0 Å². The molecule has 9 rings (SSSR count). The van der Waals surface area contributed by atoms with Crippen LogP contribution < -0.4 is 0 Å². The molecule has 3 aromatic heterocycles. The van der Waals surface area contributed by atoms with Crippen LogP contribution in [0.1, 0.15) is 0 Å². The minimum absolute atomic E-state index is 0.632. The molecule has 0 unspecified atom stereocenters. The second kappa shape index (κ2) is 13.3. The number of rotatable bonds is 8. The van der Waals surface area contributed by atoms with E-state index in [2.05, 4.69) is 119 Å². The van der Waals surface area contributed by atoms with Gasteiger partial charge in [0.2, 0.25) is 0 Å². The standard InChI is InChI=1S/C47H33N5/c1-2-3-4-13-29-51-30-28-33-26-27-41-40-24-11-12-25-42(40)52(44(41)43(33)51)39-23-15-21-37(32-39)36-20-14-22-38(31-36)47-49-45(34-16-7-5-8-17-34)48-46(50-47)35-18-9-6-10-19-35/h2-32H,1H2. The van der Waals surface area contributed by atoms with E-state index in [0.29, 0.717) is 17.5 Å². The summed E-state index contributed by atoms with van der Waals surface area (Å²) in [6.07, 6.45) is 12.0. The highest BCUT2D eigenvalue weighted by Gasteiger charge is 2.18. The van der Waals surface area contributed by atoms with Gasteiger partial charge in [0.15, 0.2) is 17.5 Å². The summed E-state index contributed by atoms with van der Waals surface area (Å²) in [6.45, 7) is 3.79. The molecule has 6 aromatic carbocycles. The summed E-state index contributed by atoms with van der Waals surface area (Å²) in [5.74, 6) is 1.92. The highest BCUT2D eigenvalue weighted by Crippen LogP contribution is 2.38. The Labute approximate surface area is 301 Å². The van der Waals surface area contributed by atoms with E-state index in [-0.39, 0.29) is 0 Å². The van der Waals surface area contributed by atoms with Gasteiger partial charge >= 0.3 is 0 Å². The minimum atomic E-state index is 0.632. The number of nitrogens with zero attached hydrogens (tertiary/aromatic N) is 5. The molecule has 0 saturated carbocycles. The van der Waals surface area contributed by atoms with Crippen LogP contribution in [-0.4, -0.2) is 24.1 Å². The summed E-state index contributed by atoms with van der Waals surface area (Å²) in [6, 6.07) is 52.7. The molecular weight excluding hydrogens is 635 g/mol. The van der Waals surface area contributed by atoms with Gasteiger partial charge in [0, 0.05) is 50.9 Å². The Kier molecular flexibility index (Phi) is 7.91. The maximum Gasteiger partial charge on any atom is 0.164 e. The first-order valence-electron chi connectivity index (χ1n) is 17.3. The topological polar surface area (TPSA) is 48.5 Å². The van der Waals surface area contributed by atoms with Crippen molar-refractivity contribution in [1.82, 2.24) is 24.1 Å². The Balaban J connectivity index is 1.19. The van der Waals surface area contributed by atoms with Crippen LogP contribution in [0.3, 0.4) is 0 Å². The van der Waals surface area contributed by atoms with Crippen molar-refractivity contribution in [3.63, 3.8) is 0 Å². The first-order valence-corrected chi connectivity index (χ1v) is 17.3. The van der Waals surface area contributed by atoms with Gasteiger partial charge in [-0.25, -0.2) is 15.0 Å². The molecule has 0 N–H and O–H groups in total. The number of aromatic nitrogens is 5. The van der Waals surface area contributed by atoms with Crippen LogP contribution in [0.5, 0.6) is 0 Å². The van der Waals surface area contributed by atoms with Crippen molar-refractivity contribution in [3.05, 3.63) is 189 Å². The molecule has 5 nitrogen and oxygen atoms in total. The second-order valence-corrected chi connectivity index (χ2v) is 12.6. The fourth-order valence-electron chi connectivity index (χ4n) is 6.97. The number of hydrogen-bond acceptors (Lipinski definition) is 3. The summed E-state index contributed by atoms with van der Waals surface area (Å²) in [7, 11) is 0. The Morgan fingerprint density at radius 1 is 0.462 bits per heavy atom. The van der Waals surface area contributed by atoms with E-state index in [1.807, 2.05) is 78.9 Å². The molecule has 0 atom stereocenters. The first-order chi connectivity index (χ1) is 25.7. The Morgan fingerprint density at radius 3 is 1.81 bits per heavy atom. The molecule has 0 bridgehead atoms. The molecule has 0 fully saturated rings. The van der Waals surface area contributed by atoms with Crippen molar-refractivity contribution in [1.29, 1.82) is 0 Å². The predicted octanol–water partition coefficient (Wildman–Crippen LogP) is 11.8. The Hall–Kier alpha value is -7.11. The molecule has 3 heterocycles. The van der Waals surface area contributed by atoms with Gasteiger partial charge in [-0.1, -0.05) is 146 Å². The quantitative estimate of drug-likeness (QED) is 0.152. The van der Waals surface area contributed by atoms with Crippen LogP contribution in [0.15, 0.2) is 189 Å². The highest BCUT2D eigenvalue weighted by molar-refractivity contribution is 6.18. The number of benzene rings is 6. The summed E-state index contributed by atoms with van der Waals surface area (Å²) in [5.41, 5.74) is 9.56. The van der Waals surface area contributed by atoms with Crippen molar-refractivity contribution in [2.75, 3.05) is 0 Å². The lowest BCUT2D eigenvalue weighted by Gasteiger charge is -2.13. The third-order valence-corrected chi connectivity index (χ3v) is 9.38. The number of allylic oxidation sites excluding steroid dienone is 4. The van der Waals surface area contributed by atoms with E-state index in [1.54, 1.807) is 6.08 Å². The lowest BCUT2D eigenvalue weighted by Crippen LogP contribution is -2.00. The van der Waals surface area contributed by atoms with E-state index in [0.717, 1.165) is 44.5 Å². The molecule has 0 radical (unpaired) electrons. The third kappa shape index (κ3) is 5.60. The SMILES string of the molecule is C=CC=CC=Cn1ccc2ccc3c4ccccc4n(-c4cccc(-c5cccc(-c6nc(-c7ccccc7)nc(-c7ccccc7)n6)c5)c4)c3c21. The molecule has 0 spiro atoms. The molecule has 0 aliphatic heterocycles. The summed E-state index contributed by atoms with van der Waals surface area (Å²) >= 11 is 0.